The Labute approximate surface area is 222 Å². The number of aliphatic hydroxyl groups excluding tert-OH is 5. The van der Waals surface area contributed by atoms with Gasteiger partial charge in [-0.3, -0.25) is 28.2 Å². The number of carbonyl (C=O) groups excluding carboxylic acids is 1. The van der Waals surface area contributed by atoms with Crippen LogP contribution in [0, 0.1) is 0 Å². The van der Waals surface area contributed by atoms with Gasteiger partial charge in [-0.25, -0.2) is 13.9 Å². The number of phosphoric ester groups is 2. The second kappa shape index (κ2) is 12.6. The molecule has 2 aliphatic rings. The number of H-pyrrole nitrogens is 1. The van der Waals surface area contributed by atoms with E-state index in [4.69, 9.17) is 9.26 Å². The van der Waals surface area contributed by atoms with Crippen molar-refractivity contribution in [2.45, 2.75) is 60.4 Å². The lowest BCUT2D eigenvalue weighted by molar-refractivity contribution is -0.122. The lowest BCUT2D eigenvalue weighted by atomic mass is 10.0. The van der Waals surface area contributed by atoms with Crippen molar-refractivity contribution in [2.75, 3.05) is 13.2 Å². The first-order chi connectivity index (χ1) is 18.0. The molecule has 2 unspecified atom stereocenters. The zero-order valence-electron chi connectivity index (χ0n) is 19.8. The van der Waals surface area contributed by atoms with Crippen LogP contribution in [0.5, 0.6) is 0 Å². The van der Waals surface area contributed by atoms with Crippen LogP contribution in [0.2, 0.25) is 0 Å². The van der Waals surface area contributed by atoms with Crippen LogP contribution >= 0.6 is 27.4 Å². The van der Waals surface area contributed by atoms with Crippen LogP contribution < -0.4 is 16.6 Å². The van der Waals surface area contributed by atoms with Crippen LogP contribution in [0.4, 0.5) is 0 Å². The molecule has 19 nitrogen and oxygen atoms in total. The number of phosphoric acid groups is 2. The molecule has 3 rings (SSSR count). The first-order valence-corrected chi connectivity index (χ1v) is 14.9. The SMILES string of the molecule is CC(=O)N[C@@H]1[C@@H](O)[C@H](O)[C@@H](CO)S[C@@H]1OP(=O)(O)OP(=O)(O)OC[C@H]1O[C@@H](n2ccc(=O)[nH]c2=O)[C@H](O)[C@@H]1O. The lowest BCUT2D eigenvalue weighted by Gasteiger charge is -2.41. The Morgan fingerprint density at radius 3 is 2.38 bits per heavy atom. The molecule has 0 aromatic carbocycles. The molecule has 0 aliphatic carbocycles. The molecule has 0 spiro atoms. The number of aromatic amines is 1. The zero-order valence-corrected chi connectivity index (χ0v) is 22.4. The Morgan fingerprint density at radius 2 is 1.79 bits per heavy atom. The highest BCUT2D eigenvalue weighted by Gasteiger charge is 2.50. The summed E-state index contributed by atoms with van der Waals surface area (Å²) in [6.45, 7) is -0.682. The molecule has 2 fully saturated rings. The highest BCUT2D eigenvalue weighted by atomic mass is 32.2. The maximum absolute atomic E-state index is 12.5. The van der Waals surface area contributed by atoms with Crippen molar-refractivity contribution in [3.05, 3.63) is 33.1 Å². The molecule has 3 heterocycles. The molecular formula is C17H27N3O16P2S. The number of amides is 1. The topological polar surface area (TPSA) is 297 Å². The van der Waals surface area contributed by atoms with Gasteiger partial charge in [0.1, 0.15) is 29.9 Å². The van der Waals surface area contributed by atoms with E-state index in [1.54, 1.807) is 0 Å². The van der Waals surface area contributed by atoms with Gasteiger partial charge in [0.15, 0.2) is 6.23 Å². The van der Waals surface area contributed by atoms with E-state index < -0.39 is 99.5 Å². The van der Waals surface area contributed by atoms with Gasteiger partial charge in [-0.05, 0) is 0 Å². The molecule has 0 saturated carbocycles. The van der Waals surface area contributed by atoms with Gasteiger partial charge in [0.2, 0.25) is 5.91 Å². The Hall–Kier alpha value is -1.48. The molecule has 9 N–H and O–H groups in total. The van der Waals surface area contributed by atoms with Gasteiger partial charge in [0, 0.05) is 19.2 Å². The minimum Gasteiger partial charge on any atom is -0.395 e. The second-order valence-corrected chi connectivity index (χ2v) is 12.8. The maximum atomic E-state index is 12.5. The molecule has 1 amide bonds. The summed E-state index contributed by atoms with van der Waals surface area (Å²) in [5, 5.41) is 51.2. The van der Waals surface area contributed by atoms with Crippen LogP contribution in [-0.4, -0.2) is 111 Å². The molecule has 222 valence electrons. The standard InChI is InChI=1S/C17H27N3O16P2S/c1-6(22)18-10-13(26)12(25)8(4-21)39-16(10)35-38(31,32)36-37(29,30)33-5-7-11(24)14(27)15(34-7)20-3-2-9(23)19-17(20)28/h2-3,7-8,10-16,21,24-27H,4-5H2,1H3,(H,18,22)(H,29,30)(H,31,32)(H,19,23,28)/t7-,8-,10-,11-,12-,13-,14-,15-,16+/m1/s1. The average Bonchev–Trinajstić information content (AvgIpc) is 3.10. The number of nitrogens with one attached hydrogen (secondary N) is 2. The van der Waals surface area contributed by atoms with Crippen LogP contribution in [0.3, 0.4) is 0 Å². The van der Waals surface area contributed by atoms with E-state index >= 15 is 0 Å². The third-order valence-electron chi connectivity index (χ3n) is 5.56. The number of carbonyl (C=O) groups is 1. The summed E-state index contributed by atoms with van der Waals surface area (Å²) in [7, 11) is -11.0. The number of aromatic nitrogens is 2. The summed E-state index contributed by atoms with van der Waals surface area (Å²) in [6, 6.07) is -0.573. The molecule has 0 radical (unpaired) electrons. The highest BCUT2D eigenvalue weighted by molar-refractivity contribution is 8.00. The molecule has 2 aliphatic heterocycles. The van der Waals surface area contributed by atoms with Gasteiger partial charge in [-0.15, -0.1) is 11.8 Å². The molecule has 1 aromatic heterocycles. The van der Waals surface area contributed by atoms with Crippen molar-refractivity contribution in [2.24, 2.45) is 0 Å². The van der Waals surface area contributed by atoms with Crippen molar-refractivity contribution < 1.29 is 67.3 Å². The Balaban J connectivity index is 1.66. The largest absolute Gasteiger partial charge is 0.482 e. The first-order valence-electron chi connectivity index (χ1n) is 11.0. The minimum atomic E-state index is -5.52. The van der Waals surface area contributed by atoms with Crippen molar-refractivity contribution in [3.63, 3.8) is 0 Å². The Morgan fingerprint density at radius 1 is 1.13 bits per heavy atom. The van der Waals surface area contributed by atoms with E-state index in [9.17, 15) is 58.8 Å². The fraction of sp³-hybridized carbons (Fsp3) is 0.706. The van der Waals surface area contributed by atoms with Crippen molar-refractivity contribution in [3.8, 4) is 0 Å². The van der Waals surface area contributed by atoms with E-state index in [1.165, 1.54) is 0 Å². The second-order valence-electron chi connectivity index (χ2n) is 8.42. The summed E-state index contributed by atoms with van der Waals surface area (Å²) < 4.78 is 44.5. The monoisotopic (exact) mass is 623 g/mol. The van der Waals surface area contributed by atoms with E-state index in [0.29, 0.717) is 11.8 Å². The molecule has 39 heavy (non-hydrogen) atoms. The maximum Gasteiger partial charge on any atom is 0.482 e. The van der Waals surface area contributed by atoms with Crippen molar-refractivity contribution >= 4 is 33.3 Å². The van der Waals surface area contributed by atoms with Crippen LogP contribution in [0.1, 0.15) is 13.2 Å². The number of ether oxygens (including phenoxy) is 1. The van der Waals surface area contributed by atoms with Crippen molar-refractivity contribution in [1.82, 2.24) is 14.9 Å². The first kappa shape index (κ1) is 32.0. The van der Waals surface area contributed by atoms with Crippen LogP contribution in [0.15, 0.2) is 21.9 Å². The van der Waals surface area contributed by atoms with E-state index in [0.717, 1.165) is 23.8 Å². The van der Waals surface area contributed by atoms with Crippen molar-refractivity contribution in [1.29, 1.82) is 0 Å². The third-order valence-corrected chi connectivity index (χ3v) is 9.76. The Bertz CT molecular complexity index is 1240. The number of nitrogens with zero attached hydrogens (tertiary/aromatic N) is 1. The van der Waals surface area contributed by atoms with Crippen LogP contribution in [0.25, 0.3) is 0 Å². The number of rotatable bonds is 10. The third kappa shape index (κ3) is 7.84. The van der Waals surface area contributed by atoms with Gasteiger partial charge in [0.25, 0.3) is 5.56 Å². The Kier molecular flexibility index (Phi) is 10.3. The van der Waals surface area contributed by atoms with Gasteiger partial charge in [-0.2, -0.15) is 4.31 Å². The molecular weight excluding hydrogens is 596 g/mol. The smallest absolute Gasteiger partial charge is 0.395 e. The summed E-state index contributed by atoms with van der Waals surface area (Å²) >= 11 is 0.529. The number of thioether (sulfide) groups is 1. The molecule has 11 atom stereocenters. The molecule has 2 saturated heterocycles. The molecule has 1 aromatic rings. The van der Waals surface area contributed by atoms with E-state index in [1.807, 2.05) is 4.98 Å². The molecule has 0 bridgehead atoms. The summed E-state index contributed by atoms with van der Waals surface area (Å²) in [4.78, 5) is 56.6. The van der Waals surface area contributed by atoms with Gasteiger partial charge in [0.05, 0.1) is 30.6 Å². The van der Waals surface area contributed by atoms with E-state index in [2.05, 4.69) is 14.2 Å². The quantitative estimate of drug-likeness (QED) is 0.112. The van der Waals surface area contributed by atoms with E-state index in [-0.39, 0.29) is 0 Å². The minimum absolute atomic E-state index is 0.529. The number of aliphatic hydroxyl groups is 5. The molecule has 22 heteroatoms. The normalized spacial score (nSPS) is 36.2. The average molecular weight is 623 g/mol. The summed E-state index contributed by atoms with van der Waals surface area (Å²) in [5.74, 6) is -0.729. The predicted octanol–water partition coefficient (Wildman–Crippen LogP) is -3.93. The fourth-order valence-electron chi connectivity index (χ4n) is 3.76. The van der Waals surface area contributed by atoms with Gasteiger partial charge >= 0.3 is 21.3 Å². The van der Waals surface area contributed by atoms with Crippen LogP contribution in [-0.2, 0) is 32.0 Å². The van der Waals surface area contributed by atoms with Gasteiger partial charge < -0.3 is 45.4 Å². The fourth-order valence-corrected chi connectivity index (χ4v) is 7.55. The number of hydrogen-bond donors (Lipinski definition) is 9. The summed E-state index contributed by atoms with van der Waals surface area (Å²) in [5.41, 5.74) is -3.40. The van der Waals surface area contributed by atoms with Gasteiger partial charge in [-0.1, -0.05) is 0 Å². The lowest BCUT2D eigenvalue weighted by Crippen LogP contribution is -2.60. The zero-order chi connectivity index (χ0) is 29.3. The predicted molar refractivity (Wildman–Crippen MR) is 127 cm³/mol. The highest BCUT2D eigenvalue weighted by Crippen LogP contribution is 2.62. The number of hydrogen-bond acceptors (Lipinski definition) is 15. The summed E-state index contributed by atoms with van der Waals surface area (Å²) in [6.07, 6.45) is -9.03.